The lowest BCUT2D eigenvalue weighted by atomic mass is 10.1. The van der Waals surface area contributed by atoms with Gasteiger partial charge in [-0.25, -0.2) is 4.39 Å². The van der Waals surface area contributed by atoms with Crippen LogP contribution in [0.1, 0.15) is 26.4 Å². The number of hydrogen-bond donors (Lipinski definition) is 2. The van der Waals surface area contributed by atoms with E-state index in [1.165, 1.54) is 18.2 Å². The van der Waals surface area contributed by atoms with Gasteiger partial charge < -0.3 is 15.2 Å². The molecular formula is C29H22FN3O2. The molecule has 2 N–H and O–H groups in total. The Bertz CT molecular complexity index is 1510. The van der Waals surface area contributed by atoms with Gasteiger partial charge in [0, 0.05) is 28.8 Å². The number of amides is 2. The van der Waals surface area contributed by atoms with E-state index in [2.05, 4.69) is 10.6 Å². The molecule has 0 spiro atoms. The minimum atomic E-state index is -0.583. The van der Waals surface area contributed by atoms with E-state index in [1.54, 1.807) is 24.3 Å². The first-order chi connectivity index (χ1) is 17.1. The van der Waals surface area contributed by atoms with Crippen LogP contribution in [0, 0.1) is 5.82 Å². The minimum Gasteiger partial charge on any atom is -0.332 e. The molecule has 0 unspecified atom stereocenters. The highest BCUT2D eigenvalue weighted by atomic mass is 19.1. The Morgan fingerprint density at radius 3 is 2.09 bits per heavy atom. The number of rotatable bonds is 6. The third-order valence-corrected chi connectivity index (χ3v) is 5.73. The molecule has 1 aromatic heterocycles. The molecule has 4 aromatic carbocycles. The van der Waals surface area contributed by atoms with Crippen molar-refractivity contribution in [1.82, 2.24) is 4.57 Å². The molecule has 172 valence electrons. The molecule has 5 aromatic rings. The summed E-state index contributed by atoms with van der Waals surface area (Å²) in [5, 5.41) is 6.48. The van der Waals surface area contributed by atoms with E-state index < -0.39 is 11.7 Å². The molecule has 0 atom stereocenters. The van der Waals surface area contributed by atoms with Crippen molar-refractivity contribution >= 4 is 34.1 Å². The van der Waals surface area contributed by atoms with E-state index in [-0.39, 0.29) is 11.5 Å². The molecule has 0 saturated carbocycles. The maximum absolute atomic E-state index is 14.0. The Hall–Kier alpha value is -4.71. The summed E-state index contributed by atoms with van der Waals surface area (Å²) in [4.78, 5) is 25.8. The van der Waals surface area contributed by atoms with E-state index in [9.17, 15) is 14.0 Å². The first kappa shape index (κ1) is 22.1. The van der Waals surface area contributed by atoms with Crippen molar-refractivity contribution in [2.45, 2.75) is 6.54 Å². The fourth-order valence-corrected chi connectivity index (χ4v) is 4.03. The van der Waals surface area contributed by atoms with E-state index in [1.807, 2.05) is 71.3 Å². The second-order valence-corrected chi connectivity index (χ2v) is 8.13. The number of hydrogen-bond acceptors (Lipinski definition) is 2. The standard InChI is InChI=1S/C29H22FN3O2/c30-25-14-8-7-13-24(25)28(34)32-23-15-16-26-21(17-23)18-27(29(35)31-22-11-5-2-6-12-22)33(26)19-20-9-3-1-4-10-20/h1-18H,19H2,(H,31,35)(H,32,34). The summed E-state index contributed by atoms with van der Waals surface area (Å²) in [6.45, 7) is 0.503. The highest BCUT2D eigenvalue weighted by Crippen LogP contribution is 2.26. The van der Waals surface area contributed by atoms with Crippen molar-refractivity contribution in [3.05, 3.63) is 132 Å². The second-order valence-electron chi connectivity index (χ2n) is 8.13. The smallest absolute Gasteiger partial charge is 0.272 e. The largest absolute Gasteiger partial charge is 0.332 e. The van der Waals surface area contributed by atoms with E-state index in [0.717, 1.165) is 16.5 Å². The van der Waals surface area contributed by atoms with Crippen LogP contribution in [-0.2, 0) is 6.54 Å². The predicted octanol–water partition coefficient (Wildman–Crippen LogP) is 6.33. The normalized spacial score (nSPS) is 10.8. The second kappa shape index (κ2) is 9.65. The van der Waals surface area contributed by atoms with Gasteiger partial charge in [0.05, 0.1) is 5.56 Å². The van der Waals surface area contributed by atoms with Gasteiger partial charge in [-0.2, -0.15) is 0 Å². The average Bonchev–Trinajstić information content (AvgIpc) is 3.23. The molecule has 0 bridgehead atoms. The summed E-state index contributed by atoms with van der Waals surface area (Å²) >= 11 is 0. The molecule has 0 aliphatic heterocycles. The van der Waals surface area contributed by atoms with Crippen molar-refractivity contribution < 1.29 is 14.0 Å². The Balaban J connectivity index is 1.50. The summed E-state index contributed by atoms with van der Waals surface area (Å²) in [7, 11) is 0. The molecule has 35 heavy (non-hydrogen) atoms. The number of carbonyl (C=O) groups is 2. The number of anilines is 2. The SMILES string of the molecule is O=C(Nc1ccc2c(c1)cc(C(=O)Nc1ccccc1)n2Cc1ccccc1)c1ccccc1F. The van der Waals surface area contributed by atoms with Crippen molar-refractivity contribution in [2.24, 2.45) is 0 Å². The molecule has 0 radical (unpaired) electrons. The number of fused-ring (bicyclic) bond motifs is 1. The van der Waals surface area contributed by atoms with Crippen molar-refractivity contribution in [1.29, 1.82) is 0 Å². The van der Waals surface area contributed by atoms with Gasteiger partial charge in [0.1, 0.15) is 11.5 Å². The van der Waals surface area contributed by atoms with Crippen LogP contribution in [0.2, 0.25) is 0 Å². The lowest BCUT2D eigenvalue weighted by Crippen LogP contribution is -2.17. The van der Waals surface area contributed by atoms with Gasteiger partial charge in [-0.05, 0) is 54.1 Å². The fourth-order valence-electron chi connectivity index (χ4n) is 4.03. The number of carbonyl (C=O) groups excluding carboxylic acids is 2. The van der Waals surface area contributed by atoms with Crippen LogP contribution in [0.15, 0.2) is 109 Å². The predicted molar refractivity (Wildman–Crippen MR) is 136 cm³/mol. The summed E-state index contributed by atoms with van der Waals surface area (Å²) in [6, 6.07) is 32.2. The maximum Gasteiger partial charge on any atom is 0.272 e. The molecular weight excluding hydrogens is 441 g/mol. The van der Waals surface area contributed by atoms with Crippen molar-refractivity contribution in [3.8, 4) is 0 Å². The topological polar surface area (TPSA) is 63.1 Å². The monoisotopic (exact) mass is 463 g/mol. The summed E-state index contributed by atoms with van der Waals surface area (Å²) in [6.07, 6.45) is 0. The number of nitrogens with one attached hydrogen (secondary N) is 2. The summed E-state index contributed by atoms with van der Waals surface area (Å²) in [5.41, 5.74) is 3.57. The van der Waals surface area contributed by atoms with Crippen LogP contribution < -0.4 is 10.6 Å². The van der Waals surface area contributed by atoms with E-state index >= 15 is 0 Å². The lowest BCUT2D eigenvalue weighted by Gasteiger charge is -2.12. The zero-order valence-electron chi connectivity index (χ0n) is 18.7. The van der Waals surface area contributed by atoms with E-state index in [0.29, 0.717) is 23.6 Å². The number of nitrogens with zero attached hydrogens (tertiary/aromatic N) is 1. The Kier molecular flexibility index (Phi) is 6.09. The first-order valence-electron chi connectivity index (χ1n) is 11.2. The van der Waals surface area contributed by atoms with Gasteiger partial charge in [-0.1, -0.05) is 60.7 Å². The van der Waals surface area contributed by atoms with Crippen molar-refractivity contribution in [2.75, 3.05) is 10.6 Å². The van der Waals surface area contributed by atoms with Crippen LogP contribution >= 0.6 is 0 Å². The number of aromatic nitrogens is 1. The van der Waals surface area contributed by atoms with Crippen LogP contribution in [0.5, 0.6) is 0 Å². The highest BCUT2D eigenvalue weighted by Gasteiger charge is 2.18. The third-order valence-electron chi connectivity index (χ3n) is 5.73. The van der Waals surface area contributed by atoms with Gasteiger partial charge in [0.2, 0.25) is 0 Å². The van der Waals surface area contributed by atoms with Crippen molar-refractivity contribution in [3.63, 3.8) is 0 Å². The highest BCUT2D eigenvalue weighted by molar-refractivity contribution is 6.08. The fraction of sp³-hybridized carbons (Fsp3) is 0.0345. The van der Waals surface area contributed by atoms with Crippen LogP contribution in [-0.4, -0.2) is 16.4 Å². The average molecular weight is 464 g/mol. The van der Waals surface area contributed by atoms with Crippen LogP contribution in [0.3, 0.4) is 0 Å². The molecule has 1 heterocycles. The number of benzene rings is 4. The molecule has 0 fully saturated rings. The summed E-state index contributed by atoms with van der Waals surface area (Å²) < 4.78 is 16.0. The lowest BCUT2D eigenvalue weighted by molar-refractivity contribution is 0.101. The quantitative estimate of drug-likeness (QED) is 0.309. The Morgan fingerprint density at radius 1 is 0.686 bits per heavy atom. The molecule has 6 heteroatoms. The van der Waals surface area contributed by atoms with Gasteiger partial charge in [0.15, 0.2) is 0 Å². The van der Waals surface area contributed by atoms with E-state index in [4.69, 9.17) is 0 Å². The minimum absolute atomic E-state index is 0.0304. The maximum atomic E-state index is 14.0. The molecule has 0 aliphatic rings. The Morgan fingerprint density at radius 2 is 1.34 bits per heavy atom. The number of para-hydroxylation sites is 1. The van der Waals surface area contributed by atoms with Gasteiger partial charge >= 0.3 is 0 Å². The molecule has 0 saturated heterocycles. The van der Waals surface area contributed by atoms with Gasteiger partial charge in [-0.15, -0.1) is 0 Å². The van der Waals surface area contributed by atoms with Gasteiger partial charge in [0.25, 0.3) is 11.8 Å². The number of halogens is 1. The Labute approximate surface area is 201 Å². The first-order valence-corrected chi connectivity index (χ1v) is 11.2. The summed E-state index contributed by atoms with van der Waals surface area (Å²) in [5.74, 6) is -1.35. The molecule has 2 amide bonds. The zero-order chi connectivity index (χ0) is 24.2. The molecule has 0 aliphatic carbocycles. The zero-order valence-corrected chi connectivity index (χ0v) is 18.7. The van der Waals surface area contributed by atoms with Crippen LogP contribution in [0.25, 0.3) is 10.9 Å². The van der Waals surface area contributed by atoms with Crippen LogP contribution in [0.4, 0.5) is 15.8 Å². The molecule has 5 nitrogen and oxygen atoms in total. The molecule has 5 rings (SSSR count). The third kappa shape index (κ3) is 4.82. The van der Waals surface area contributed by atoms with Gasteiger partial charge in [-0.3, -0.25) is 9.59 Å².